The highest BCUT2D eigenvalue weighted by Crippen LogP contribution is 2.34. The summed E-state index contributed by atoms with van der Waals surface area (Å²) in [5, 5.41) is 12.5. The lowest BCUT2D eigenvalue weighted by Gasteiger charge is -2.15. The minimum atomic E-state index is -4.32. The van der Waals surface area contributed by atoms with Crippen molar-refractivity contribution in [1.29, 1.82) is 0 Å². The molecule has 1 saturated carbocycles. The molecule has 0 radical (unpaired) electrons. The Bertz CT molecular complexity index is 450. The summed E-state index contributed by atoms with van der Waals surface area (Å²) in [5.74, 6) is 0.379. The molecule has 1 aliphatic rings. The SMILES string of the molecule is OC1CCC(CNc2ccc(C(F)(F)F)cc2Br)C1. The number of alkyl halides is 3. The summed E-state index contributed by atoms with van der Waals surface area (Å²) in [6.07, 6.45) is -2.04. The summed E-state index contributed by atoms with van der Waals surface area (Å²) in [7, 11) is 0. The molecule has 2 unspecified atom stereocenters. The van der Waals surface area contributed by atoms with Crippen LogP contribution < -0.4 is 5.32 Å². The van der Waals surface area contributed by atoms with Crippen LogP contribution in [0.2, 0.25) is 0 Å². The Balaban J connectivity index is 1.98. The first-order valence-corrected chi connectivity index (χ1v) is 6.94. The van der Waals surface area contributed by atoms with Gasteiger partial charge in [-0.3, -0.25) is 0 Å². The van der Waals surface area contributed by atoms with Gasteiger partial charge in [-0.2, -0.15) is 13.2 Å². The van der Waals surface area contributed by atoms with Crippen molar-refractivity contribution < 1.29 is 18.3 Å². The van der Waals surface area contributed by atoms with Gasteiger partial charge in [-0.05, 0) is 59.3 Å². The number of rotatable bonds is 3. The van der Waals surface area contributed by atoms with E-state index in [1.807, 2.05) is 0 Å². The van der Waals surface area contributed by atoms with Crippen LogP contribution in [-0.4, -0.2) is 17.8 Å². The van der Waals surface area contributed by atoms with Crippen LogP contribution >= 0.6 is 15.9 Å². The molecule has 0 aliphatic heterocycles. The molecule has 2 nitrogen and oxygen atoms in total. The average Bonchev–Trinajstić information content (AvgIpc) is 2.72. The summed E-state index contributed by atoms with van der Waals surface area (Å²) in [5.41, 5.74) is -0.0180. The molecule has 19 heavy (non-hydrogen) atoms. The second-order valence-electron chi connectivity index (χ2n) is 4.91. The number of benzene rings is 1. The molecule has 2 rings (SSSR count). The average molecular weight is 338 g/mol. The third kappa shape index (κ3) is 3.86. The Labute approximate surface area is 118 Å². The van der Waals surface area contributed by atoms with Gasteiger partial charge in [-0.1, -0.05) is 0 Å². The van der Waals surface area contributed by atoms with Crippen molar-refractivity contribution in [2.45, 2.75) is 31.5 Å². The fraction of sp³-hybridized carbons (Fsp3) is 0.538. The second kappa shape index (κ2) is 5.71. The topological polar surface area (TPSA) is 32.3 Å². The number of aliphatic hydroxyl groups excluding tert-OH is 1. The van der Waals surface area contributed by atoms with Gasteiger partial charge in [0.1, 0.15) is 0 Å². The summed E-state index contributed by atoms with van der Waals surface area (Å²) >= 11 is 3.15. The molecule has 0 heterocycles. The van der Waals surface area contributed by atoms with Gasteiger partial charge in [0, 0.05) is 16.7 Å². The van der Waals surface area contributed by atoms with E-state index < -0.39 is 11.7 Å². The molecule has 0 spiro atoms. The number of anilines is 1. The molecule has 1 aromatic rings. The van der Waals surface area contributed by atoms with Crippen molar-refractivity contribution >= 4 is 21.6 Å². The molecular weight excluding hydrogens is 323 g/mol. The maximum absolute atomic E-state index is 12.5. The molecule has 1 fully saturated rings. The maximum atomic E-state index is 12.5. The van der Waals surface area contributed by atoms with Crippen molar-refractivity contribution in [2.75, 3.05) is 11.9 Å². The van der Waals surface area contributed by atoms with E-state index in [0.717, 1.165) is 31.4 Å². The van der Waals surface area contributed by atoms with E-state index in [9.17, 15) is 18.3 Å². The minimum absolute atomic E-state index is 0.233. The minimum Gasteiger partial charge on any atom is -0.393 e. The van der Waals surface area contributed by atoms with Gasteiger partial charge >= 0.3 is 6.18 Å². The zero-order valence-corrected chi connectivity index (χ0v) is 11.8. The van der Waals surface area contributed by atoms with E-state index in [0.29, 0.717) is 22.6 Å². The molecule has 6 heteroatoms. The lowest BCUT2D eigenvalue weighted by atomic mass is 10.1. The molecule has 0 saturated heterocycles. The van der Waals surface area contributed by atoms with Gasteiger partial charge in [0.25, 0.3) is 0 Å². The van der Waals surface area contributed by atoms with Crippen LogP contribution in [0.15, 0.2) is 22.7 Å². The standard InChI is InChI=1S/C13H15BrF3NO/c14-11-6-9(13(15,16)17)2-4-12(11)18-7-8-1-3-10(19)5-8/h2,4,6,8,10,18-19H,1,3,5,7H2. The summed E-state index contributed by atoms with van der Waals surface area (Å²) in [4.78, 5) is 0. The van der Waals surface area contributed by atoms with E-state index in [4.69, 9.17) is 0 Å². The highest BCUT2D eigenvalue weighted by Gasteiger charge is 2.31. The van der Waals surface area contributed by atoms with E-state index in [2.05, 4.69) is 21.2 Å². The number of hydrogen-bond donors (Lipinski definition) is 2. The van der Waals surface area contributed by atoms with Gasteiger partial charge in [-0.25, -0.2) is 0 Å². The monoisotopic (exact) mass is 337 g/mol. The molecule has 0 aromatic heterocycles. The molecule has 0 amide bonds. The first-order chi connectivity index (χ1) is 8.86. The predicted octanol–water partition coefficient (Wildman–Crippen LogP) is 4.04. The fourth-order valence-corrected chi connectivity index (χ4v) is 2.84. The largest absolute Gasteiger partial charge is 0.416 e. The number of hydrogen-bond acceptors (Lipinski definition) is 2. The normalized spacial score (nSPS) is 23.6. The Morgan fingerprint density at radius 3 is 2.58 bits per heavy atom. The molecule has 0 bridgehead atoms. The van der Waals surface area contributed by atoms with Crippen LogP contribution in [0.3, 0.4) is 0 Å². The van der Waals surface area contributed by atoms with Crippen LogP contribution in [-0.2, 0) is 6.18 Å². The number of nitrogens with one attached hydrogen (secondary N) is 1. The van der Waals surface area contributed by atoms with Crippen LogP contribution in [0.1, 0.15) is 24.8 Å². The molecule has 1 aliphatic carbocycles. The van der Waals surface area contributed by atoms with E-state index >= 15 is 0 Å². The molecule has 1 aromatic carbocycles. The third-order valence-corrected chi connectivity index (χ3v) is 4.05. The van der Waals surface area contributed by atoms with Crippen molar-refractivity contribution in [2.24, 2.45) is 5.92 Å². The summed E-state index contributed by atoms with van der Waals surface area (Å²) in [6.45, 7) is 0.668. The zero-order valence-electron chi connectivity index (χ0n) is 10.2. The van der Waals surface area contributed by atoms with Gasteiger partial charge in [-0.15, -0.1) is 0 Å². The van der Waals surface area contributed by atoms with Crippen molar-refractivity contribution in [3.63, 3.8) is 0 Å². The lowest BCUT2D eigenvalue weighted by Crippen LogP contribution is -2.13. The van der Waals surface area contributed by atoms with Gasteiger partial charge in [0.05, 0.1) is 11.7 Å². The quantitative estimate of drug-likeness (QED) is 0.872. The van der Waals surface area contributed by atoms with E-state index in [-0.39, 0.29) is 6.10 Å². The molecule has 2 atom stereocenters. The Kier molecular flexibility index (Phi) is 4.40. The van der Waals surface area contributed by atoms with Crippen LogP contribution in [0.25, 0.3) is 0 Å². The van der Waals surface area contributed by atoms with Crippen molar-refractivity contribution in [3.8, 4) is 0 Å². The van der Waals surface area contributed by atoms with Gasteiger partial charge in [0.15, 0.2) is 0 Å². The van der Waals surface area contributed by atoms with Gasteiger partial charge in [0.2, 0.25) is 0 Å². The Morgan fingerprint density at radius 1 is 1.32 bits per heavy atom. The number of halogens is 4. The fourth-order valence-electron chi connectivity index (χ4n) is 2.32. The highest BCUT2D eigenvalue weighted by atomic mass is 79.9. The molecular formula is C13H15BrF3NO. The first kappa shape index (κ1) is 14.7. The Hall–Kier alpha value is -0.750. The van der Waals surface area contributed by atoms with Crippen LogP contribution in [0.5, 0.6) is 0 Å². The van der Waals surface area contributed by atoms with Crippen molar-refractivity contribution in [3.05, 3.63) is 28.2 Å². The van der Waals surface area contributed by atoms with E-state index in [1.54, 1.807) is 0 Å². The van der Waals surface area contributed by atoms with E-state index in [1.165, 1.54) is 6.07 Å². The number of aliphatic hydroxyl groups is 1. The molecule has 106 valence electrons. The lowest BCUT2D eigenvalue weighted by molar-refractivity contribution is -0.137. The van der Waals surface area contributed by atoms with Crippen LogP contribution in [0, 0.1) is 5.92 Å². The second-order valence-corrected chi connectivity index (χ2v) is 5.76. The van der Waals surface area contributed by atoms with Crippen molar-refractivity contribution in [1.82, 2.24) is 0 Å². The maximum Gasteiger partial charge on any atom is 0.416 e. The smallest absolute Gasteiger partial charge is 0.393 e. The summed E-state index contributed by atoms with van der Waals surface area (Å²) in [6, 6.07) is 3.57. The predicted molar refractivity (Wildman–Crippen MR) is 71.0 cm³/mol. The van der Waals surface area contributed by atoms with Gasteiger partial charge < -0.3 is 10.4 Å². The highest BCUT2D eigenvalue weighted by molar-refractivity contribution is 9.10. The summed E-state index contributed by atoms with van der Waals surface area (Å²) < 4.78 is 37.9. The molecule has 2 N–H and O–H groups in total. The zero-order chi connectivity index (χ0) is 14.0. The first-order valence-electron chi connectivity index (χ1n) is 6.15. The third-order valence-electron chi connectivity index (χ3n) is 3.39. The Morgan fingerprint density at radius 2 is 2.05 bits per heavy atom. The van der Waals surface area contributed by atoms with Crippen LogP contribution in [0.4, 0.5) is 18.9 Å².